The van der Waals surface area contributed by atoms with E-state index in [-0.39, 0.29) is 6.03 Å². The summed E-state index contributed by atoms with van der Waals surface area (Å²) >= 11 is 1.65. The van der Waals surface area contributed by atoms with Crippen molar-refractivity contribution >= 4 is 17.4 Å². The van der Waals surface area contributed by atoms with Crippen LogP contribution >= 0.6 is 11.3 Å². The lowest BCUT2D eigenvalue weighted by molar-refractivity contribution is 0.195. The number of hydrogen-bond donors (Lipinski definition) is 1. The summed E-state index contributed by atoms with van der Waals surface area (Å²) in [5, 5.41) is 5.16. The number of nitrogens with zero attached hydrogens (tertiary/aromatic N) is 3. The Morgan fingerprint density at radius 2 is 2.15 bits per heavy atom. The lowest BCUT2D eigenvalue weighted by Gasteiger charge is -2.26. The van der Waals surface area contributed by atoms with Crippen LogP contribution in [0.1, 0.15) is 29.2 Å². The number of rotatable bonds is 7. The molecule has 0 radical (unpaired) electrons. The van der Waals surface area contributed by atoms with Gasteiger partial charge < -0.3 is 19.5 Å². The Kier molecular flexibility index (Phi) is 6.13. The van der Waals surface area contributed by atoms with Gasteiger partial charge in [0.15, 0.2) is 0 Å². The number of urea groups is 1. The summed E-state index contributed by atoms with van der Waals surface area (Å²) in [7, 11) is 3.55. The molecule has 2 amide bonds. The number of benzene rings is 1. The minimum atomic E-state index is -0.411. The molecule has 0 fully saturated rings. The molecule has 1 aromatic carbocycles. The van der Waals surface area contributed by atoms with E-state index in [0.717, 1.165) is 16.3 Å². The van der Waals surface area contributed by atoms with E-state index in [1.54, 1.807) is 29.5 Å². The Morgan fingerprint density at radius 3 is 2.78 bits per heavy atom. The van der Waals surface area contributed by atoms with E-state index in [9.17, 15) is 4.79 Å². The highest BCUT2D eigenvalue weighted by molar-refractivity contribution is 7.09. The first kappa shape index (κ1) is 19.0. The number of amides is 2. The maximum atomic E-state index is 13.0. The predicted octanol–water partition coefficient (Wildman–Crippen LogP) is 3.81. The first-order valence-electron chi connectivity index (χ1n) is 8.82. The van der Waals surface area contributed by atoms with Crippen molar-refractivity contribution in [2.24, 2.45) is 7.05 Å². The molecular formula is C20H24N4O2S. The van der Waals surface area contributed by atoms with Crippen molar-refractivity contribution in [2.45, 2.75) is 19.5 Å². The molecule has 0 aliphatic rings. The molecule has 27 heavy (non-hydrogen) atoms. The summed E-state index contributed by atoms with van der Waals surface area (Å²) in [5.74, 6) is 1.46. The van der Waals surface area contributed by atoms with Crippen LogP contribution in [0.5, 0.6) is 5.75 Å². The first-order chi connectivity index (χ1) is 13.1. The van der Waals surface area contributed by atoms with Crippen LogP contribution in [0.15, 0.2) is 54.2 Å². The van der Waals surface area contributed by atoms with Crippen molar-refractivity contribution in [3.63, 3.8) is 0 Å². The molecule has 3 aromatic rings. The molecule has 2 heterocycles. The summed E-state index contributed by atoms with van der Waals surface area (Å²) < 4.78 is 7.43. The van der Waals surface area contributed by atoms with Gasteiger partial charge in [0.2, 0.25) is 0 Å². The van der Waals surface area contributed by atoms with Crippen LogP contribution in [0, 0.1) is 0 Å². The summed E-state index contributed by atoms with van der Waals surface area (Å²) in [6.07, 6.45) is 3.60. The largest absolute Gasteiger partial charge is 0.496 e. The van der Waals surface area contributed by atoms with Gasteiger partial charge >= 0.3 is 6.03 Å². The Labute approximate surface area is 163 Å². The molecule has 0 saturated heterocycles. The molecule has 142 valence electrons. The van der Waals surface area contributed by atoms with Gasteiger partial charge in [0, 0.05) is 36.4 Å². The molecule has 1 N–H and O–H groups in total. The van der Waals surface area contributed by atoms with Gasteiger partial charge in [0.05, 0.1) is 13.7 Å². The molecule has 0 aliphatic carbocycles. The van der Waals surface area contributed by atoms with Crippen LogP contribution in [0.4, 0.5) is 4.79 Å². The minimum absolute atomic E-state index is 0.134. The topological polar surface area (TPSA) is 59.4 Å². The van der Waals surface area contributed by atoms with Gasteiger partial charge in [-0.3, -0.25) is 0 Å². The van der Waals surface area contributed by atoms with Crippen molar-refractivity contribution in [3.8, 4) is 5.75 Å². The molecule has 1 unspecified atom stereocenters. The zero-order valence-electron chi connectivity index (χ0n) is 15.8. The van der Waals surface area contributed by atoms with E-state index < -0.39 is 6.04 Å². The van der Waals surface area contributed by atoms with Crippen LogP contribution in [-0.4, -0.2) is 34.1 Å². The smallest absolute Gasteiger partial charge is 0.318 e. The number of hydrogen-bond acceptors (Lipinski definition) is 4. The fraction of sp³-hybridized carbons (Fsp3) is 0.300. The second-order valence-corrected chi connectivity index (χ2v) is 7.15. The standard InChI is InChI=1S/C20H24N4O2S/c1-4-24(14-15-8-7-13-27-15)20(25)22-18(19-21-11-12-23(19)2)16-9-5-6-10-17(16)26-3/h5-13,18H,4,14H2,1-3H3,(H,22,25). The molecule has 2 aromatic heterocycles. The van der Waals surface area contributed by atoms with Gasteiger partial charge in [-0.2, -0.15) is 0 Å². The highest BCUT2D eigenvalue weighted by atomic mass is 32.1. The number of aromatic nitrogens is 2. The molecule has 0 spiro atoms. The number of carbonyl (C=O) groups excluding carboxylic acids is 1. The number of methoxy groups -OCH3 is 1. The van der Waals surface area contributed by atoms with Crippen LogP contribution in [0.3, 0.4) is 0 Å². The van der Waals surface area contributed by atoms with Gasteiger partial charge in [0.25, 0.3) is 0 Å². The Bertz CT molecular complexity index is 876. The Hall–Kier alpha value is -2.80. The molecule has 6 nitrogen and oxygen atoms in total. The van der Waals surface area contributed by atoms with Crippen molar-refractivity contribution < 1.29 is 9.53 Å². The fourth-order valence-corrected chi connectivity index (χ4v) is 3.69. The average Bonchev–Trinajstić information content (AvgIpc) is 3.35. The van der Waals surface area contributed by atoms with Crippen LogP contribution in [-0.2, 0) is 13.6 Å². The van der Waals surface area contributed by atoms with Crippen LogP contribution in [0.25, 0.3) is 0 Å². The van der Waals surface area contributed by atoms with Crippen molar-refractivity contribution in [1.82, 2.24) is 19.8 Å². The molecular weight excluding hydrogens is 360 g/mol. The SMILES string of the molecule is CCN(Cc1cccs1)C(=O)NC(c1ccccc1OC)c1nccn1C. The number of thiophene rings is 1. The Morgan fingerprint density at radius 1 is 1.33 bits per heavy atom. The lowest BCUT2D eigenvalue weighted by atomic mass is 10.0. The van der Waals surface area contributed by atoms with E-state index in [1.807, 2.05) is 66.5 Å². The quantitative estimate of drug-likeness (QED) is 0.674. The average molecular weight is 385 g/mol. The van der Waals surface area contributed by atoms with E-state index in [0.29, 0.717) is 18.8 Å². The predicted molar refractivity (Wildman–Crippen MR) is 107 cm³/mol. The molecule has 0 aliphatic heterocycles. The molecule has 3 rings (SSSR count). The number of nitrogens with one attached hydrogen (secondary N) is 1. The lowest BCUT2D eigenvalue weighted by Crippen LogP contribution is -2.42. The monoisotopic (exact) mass is 384 g/mol. The number of carbonyl (C=O) groups is 1. The molecule has 1 atom stereocenters. The van der Waals surface area contributed by atoms with Gasteiger partial charge in [-0.25, -0.2) is 9.78 Å². The summed E-state index contributed by atoms with van der Waals surface area (Å²) in [6, 6.07) is 11.2. The second kappa shape index (κ2) is 8.73. The highest BCUT2D eigenvalue weighted by Crippen LogP contribution is 2.29. The third-order valence-electron chi connectivity index (χ3n) is 4.43. The number of ether oxygens (including phenoxy) is 1. The zero-order valence-corrected chi connectivity index (χ0v) is 16.6. The third kappa shape index (κ3) is 4.31. The van der Waals surface area contributed by atoms with E-state index in [4.69, 9.17) is 4.74 Å². The number of para-hydroxylation sites is 1. The third-order valence-corrected chi connectivity index (χ3v) is 5.29. The van der Waals surface area contributed by atoms with E-state index in [1.165, 1.54) is 0 Å². The van der Waals surface area contributed by atoms with Gasteiger partial charge in [-0.05, 0) is 24.4 Å². The first-order valence-corrected chi connectivity index (χ1v) is 9.70. The normalized spacial score (nSPS) is 11.8. The number of aryl methyl sites for hydroxylation is 1. The highest BCUT2D eigenvalue weighted by Gasteiger charge is 2.25. The maximum absolute atomic E-state index is 13.0. The zero-order chi connectivity index (χ0) is 19.2. The van der Waals surface area contributed by atoms with E-state index >= 15 is 0 Å². The molecule has 0 saturated carbocycles. The fourth-order valence-electron chi connectivity index (χ4n) is 2.97. The van der Waals surface area contributed by atoms with Crippen molar-refractivity contribution in [1.29, 1.82) is 0 Å². The Balaban J connectivity index is 1.89. The maximum Gasteiger partial charge on any atom is 0.318 e. The molecule has 0 bridgehead atoms. The molecule has 7 heteroatoms. The van der Waals surface area contributed by atoms with Crippen LogP contribution < -0.4 is 10.1 Å². The minimum Gasteiger partial charge on any atom is -0.496 e. The summed E-state index contributed by atoms with van der Waals surface area (Å²) in [4.78, 5) is 20.4. The van der Waals surface area contributed by atoms with Crippen molar-refractivity contribution in [2.75, 3.05) is 13.7 Å². The summed E-state index contributed by atoms with van der Waals surface area (Å²) in [5.41, 5.74) is 0.870. The van der Waals surface area contributed by atoms with Crippen LogP contribution in [0.2, 0.25) is 0 Å². The van der Waals surface area contributed by atoms with Crippen molar-refractivity contribution in [3.05, 3.63) is 70.4 Å². The summed E-state index contributed by atoms with van der Waals surface area (Å²) in [6.45, 7) is 3.17. The number of imidazole rings is 1. The van der Waals surface area contributed by atoms with Gasteiger partial charge in [-0.15, -0.1) is 11.3 Å². The van der Waals surface area contributed by atoms with Gasteiger partial charge in [0.1, 0.15) is 17.6 Å². The van der Waals surface area contributed by atoms with Gasteiger partial charge in [-0.1, -0.05) is 24.3 Å². The van der Waals surface area contributed by atoms with E-state index in [2.05, 4.69) is 10.3 Å². The second-order valence-electron chi connectivity index (χ2n) is 6.11.